The monoisotopic (exact) mass is 398 g/mol. The van der Waals surface area contributed by atoms with Crippen molar-refractivity contribution in [3.8, 4) is 11.5 Å². The van der Waals surface area contributed by atoms with Crippen LogP contribution in [0, 0.1) is 6.92 Å². The summed E-state index contributed by atoms with van der Waals surface area (Å²) in [5, 5.41) is 3.02. The van der Waals surface area contributed by atoms with Crippen LogP contribution in [0.5, 0.6) is 11.5 Å². The van der Waals surface area contributed by atoms with E-state index in [0.29, 0.717) is 23.1 Å². The highest BCUT2D eigenvalue weighted by atomic mass is 16.5. The van der Waals surface area contributed by atoms with Gasteiger partial charge in [0.25, 0.3) is 0 Å². The highest BCUT2D eigenvalue weighted by Crippen LogP contribution is 2.33. The molecule has 0 aliphatic rings. The van der Waals surface area contributed by atoms with Gasteiger partial charge in [-0.3, -0.25) is 9.59 Å². The van der Waals surface area contributed by atoms with Crippen molar-refractivity contribution in [1.82, 2.24) is 0 Å². The molecular formula is C23H30N2O4. The van der Waals surface area contributed by atoms with Gasteiger partial charge in [0, 0.05) is 31.6 Å². The fraction of sp³-hybridized carbons (Fsp3) is 0.391. The number of methoxy groups -OCH3 is 2. The highest BCUT2D eigenvalue weighted by Gasteiger charge is 2.19. The SMILES string of the molecule is COc1ccc(N(CCC(=O)Nc2c(C)cccc2C(C)C)C(C)=O)c(OC)c1. The summed E-state index contributed by atoms with van der Waals surface area (Å²) < 4.78 is 10.6. The minimum absolute atomic E-state index is 0.139. The number of hydrogen-bond acceptors (Lipinski definition) is 4. The van der Waals surface area contributed by atoms with Gasteiger partial charge in [0.15, 0.2) is 0 Å². The van der Waals surface area contributed by atoms with Crippen LogP contribution in [0.1, 0.15) is 44.2 Å². The lowest BCUT2D eigenvalue weighted by atomic mass is 9.98. The molecule has 0 radical (unpaired) electrons. The number of aryl methyl sites for hydroxylation is 1. The first-order valence-corrected chi connectivity index (χ1v) is 9.68. The number of nitrogens with zero attached hydrogens (tertiary/aromatic N) is 1. The average Bonchev–Trinajstić information content (AvgIpc) is 2.69. The predicted octanol–water partition coefficient (Wildman–Crippen LogP) is 4.52. The van der Waals surface area contributed by atoms with E-state index in [-0.39, 0.29) is 24.8 Å². The molecule has 0 atom stereocenters. The van der Waals surface area contributed by atoms with Gasteiger partial charge in [-0.2, -0.15) is 0 Å². The summed E-state index contributed by atoms with van der Waals surface area (Å²) in [5.74, 6) is 1.14. The number of rotatable bonds is 8. The minimum Gasteiger partial charge on any atom is -0.497 e. The lowest BCUT2D eigenvalue weighted by Crippen LogP contribution is -2.32. The number of hydrogen-bond donors (Lipinski definition) is 1. The standard InChI is InChI=1S/C23H30N2O4/c1-15(2)19-9-7-8-16(3)23(19)24-22(27)12-13-25(17(4)26)20-11-10-18(28-5)14-21(20)29-6/h7-11,14-15H,12-13H2,1-6H3,(H,24,27). The number of carbonyl (C=O) groups excluding carboxylic acids is 2. The van der Waals surface area contributed by atoms with Crippen molar-refractivity contribution in [2.75, 3.05) is 31.0 Å². The number of para-hydroxylation sites is 1. The maximum Gasteiger partial charge on any atom is 0.226 e. The van der Waals surface area contributed by atoms with E-state index in [4.69, 9.17) is 9.47 Å². The number of nitrogens with one attached hydrogen (secondary N) is 1. The maximum absolute atomic E-state index is 12.7. The first-order chi connectivity index (χ1) is 13.8. The Labute approximate surface area is 172 Å². The summed E-state index contributed by atoms with van der Waals surface area (Å²) in [4.78, 5) is 26.4. The molecular weight excluding hydrogens is 368 g/mol. The molecule has 2 aromatic carbocycles. The molecule has 0 saturated heterocycles. The first-order valence-electron chi connectivity index (χ1n) is 9.68. The van der Waals surface area contributed by atoms with E-state index in [1.54, 1.807) is 30.2 Å². The van der Waals surface area contributed by atoms with Crippen molar-refractivity contribution in [3.63, 3.8) is 0 Å². The van der Waals surface area contributed by atoms with Crippen molar-refractivity contribution >= 4 is 23.2 Å². The van der Waals surface area contributed by atoms with E-state index >= 15 is 0 Å². The molecule has 0 fully saturated rings. The van der Waals surface area contributed by atoms with Gasteiger partial charge in [0.2, 0.25) is 11.8 Å². The molecule has 0 bridgehead atoms. The number of carbonyl (C=O) groups is 2. The zero-order valence-electron chi connectivity index (χ0n) is 18.0. The van der Waals surface area contributed by atoms with E-state index in [1.807, 2.05) is 25.1 Å². The zero-order chi connectivity index (χ0) is 21.6. The molecule has 0 heterocycles. The highest BCUT2D eigenvalue weighted by molar-refractivity contribution is 5.96. The molecule has 0 aromatic heterocycles. The van der Waals surface area contributed by atoms with Gasteiger partial charge in [-0.05, 0) is 36.1 Å². The Balaban J connectivity index is 2.17. The molecule has 6 heteroatoms. The van der Waals surface area contributed by atoms with Crippen LogP contribution in [-0.2, 0) is 9.59 Å². The summed E-state index contributed by atoms with van der Waals surface area (Å²) in [7, 11) is 3.10. The lowest BCUT2D eigenvalue weighted by Gasteiger charge is -2.24. The fourth-order valence-electron chi connectivity index (χ4n) is 3.21. The quantitative estimate of drug-likeness (QED) is 0.710. The third-order valence-electron chi connectivity index (χ3n) is 4.81. The van der Waals surface area contributed by atoms with Gasteiger partial charge >= 0.3 is 0 Å². The van der Waals surface area contributed by atoms with Crippen LogP contribution in [0.4, 0.5) is 11.4 Å². The van der Waals surface area contributed by atoms with Crippen LogP contribution in [-0.4, -0.2) is 32.6 Å². The zero-order valence-corrected chi connectivity index (χ0v) is 18.0. The summed E-state index contributed by atoms with van der Waals surface area (Å²) in [6, 6.07) is 11.2. The molecule has 0 aliphatic heterocycles. The molecule has 6 nitrogen and oxygen atoms in total. The minimum atomic E-state index is -0.167. The lowest BCUT2D eigenvalue weighted by molar-refractivity contribution is -0.117. The molecule has 29 heavy (non-hydrogen) atoms. The molecule has 0 unspecified atom stereocenters. The Morgan fingerprint density at radius 2 is 1.83 bits per heavy atom. The Morgan fingerprint density at radius 1 is 1.10 bits per heavy atom. The van der Waals surface area contributed by atoms with Crippen molar-refractivity contribution in [2.45, 2.75) is 40.0 Å². The molecule has 0 aliphatic carbocycles. The van der Waals surface area contributed by atoms with Crippen molar-refractivity contribution in [2.24, 2.45) is 0 Å². The summed E-state index contributed by atoms with van der Waals surface area (Å²) in [6.45, 7) is 7.88. The second kappa shape index (κ2) is 9.96. The molecule has 2 amide bonds. The van der Waals surface area contributed by atoms with E-state index in [1.165, 1.54) is 14.0 Å². The smallest absolute Gasteiger partial charge is 0.226 e. The maximum atomic E-state index is 12.7. The van der Waals surface area contributed by atoms with Crippen LogP contribution >= 0.6 is 0 Å². The summed E-state index contributed by atoms with van der Waals surface area (Å²) in [5.41, 5.74) is 3.57. The molecule has 0 saturated carbocycles. The number of benzene rings is 2. The predicted molar refractivity (Wildman–Crippen MR) is 116 cm³/mol. The van der Waals surface area contributed by atoms with Crippen LogP contribution < -0.4 is 19.7 Å². The van der Waals surface area contributed by atoms with Crippen molar-refractivity contribution in [1.29, 1.82) is 0 Å². The normalized spacial score (nSPS) is 10.6. The van der Waals surface area contributed by atoms with Crippen molar-refractivity contribution in [3.05, 3.63) is 47.5 Å². The van der Waals surface area contributed by atoms with E-state index < -0.39 is 0 Å². The third-order valence-corrected chi connectivity index (χ3v) is 4.81. The second-order valence-corrected chi connectivity index (χ2v) is 7.20. The van der Waals surface area contributed by atoms with Gasteiger partial charge in [-0.25, -0.2) is 0 Å². The average molecular weight is 399 g/mol. The van der Waals surface area contributed by atoms with Gasteiger partial charge in [0.1, 0.15) is 11.5 Å². The first kappa shape index (κ1) is 22.3. The number of ether oxygens (including phenoxy) is 2. The van der Waals surface area contributed by atoms with Crippen LogP contribution in [0.3, 0.4) is 0 Å². The Morgan fingerprint density at radius 3 is 2.41 bits per heavy atom. The summed E-state index contributed by atoms with van der Waals surface area (Å²) in [6.07, 6.45) is 0.167. The molecule has 156 valence electrons. The van der Waals surface area contributed by atoms with Gasteiger partial charge in [-0.15, -0.1) is 0 Å². The number of anilines is 2. The molecule has 2 aromatic rings. The van der Waals surface area contributed by atoms with Crippen LogP contribution in [0.15, 0.2) is 36.4 Å². The van der Waals surface area contributed by atoms with Crippen LogP contribution in [0.25, 0.3) is 0 Å². The van der Waals surface area contributed by atoms with Gasteiger partial charge in [0.05, 0.1) is 19.9 Å². The van der Waals surface area contributed by atoms with E-state index in [0.717, 1.165) is 16.8 Å². The molecule has 2 rings (SSSR count). The van der Waals surface area contributed by atoms with Crippen molar-refractivity contribution < 1.29 is 19.1 Å². The van der Waals surface area contributed by atoms with E-state index in [2.05, 4.69) is 19.2 Å². The molecule has 1 N–H and O–H groups in total. The Kier molecular flexibility index (Phi) is 7.65. The fourth-order valence-corrected chi connectivity index (χ4v) is 3.21. The Bertz CT molecular complexity index is 877. The molecule has 0 spiro atoms. The third kappa shape index (κ3) is 5.50. The van der Waals surface area contributed by atoms with Gasteiger partial charge in [-0.1, -0.05) is 32.0 Å². The summed E-state index contributed by atoms with van der Waals surface area (Å²) >= 11 is 0. The second-order valence-electron chi connectivity index (χ2n) is 7.20. The Hall–Kier alpha value is -3.02. The topological polar surface area (TPSA) is 67.9 Å². The van der Waals surface area contributed by atoms with E-state index in [9.17, 15) is 9.59 Å². The largest absolute Gasteiger partial charge is 0.497 e. The van der Waals surface area contributed by atoms with Gasteiger partial charge < -0.3 is 19.7 Å². The number of amides is 2. The van der Waals surface area contributed by atoms with Crippen LogP contribution in [0.2, 0.25) is 0 Å².